The van der Waals surface area contributed by atoms with Crippen LogP contribution >= 0.6 is 0 Å². The zero-order valence-corrected chi connectivity index (χ0v) is 18.0. The van der Waals surface area contributed by atoms with Gasteiger partial charge in [-0.25, -0.2) is 4.98 Å². The fourth-order valence-corrected chi connectivity index (χ4v) is 4.67. The zero-order chi connectivity index (χ0) is 22.1. The van der Waals surface area contributed by atoms with Gasteiger partial charge in [-0.3, -0.25) is 9.59 Å². The van der Waals surface area contributed by atoms with Gasteiger partial charge < -0.3 is 15.0 Å². The lowest BCUT2D eigenvalue weighted by molar-refractivity contribution is -0.141. The lowest BCUT2D eigenvalue weighted by Gasteiger charge is -2.30. The summed E-state index contributed by atoms with van der Waals surface area (Å²) >= 11 is 0. The van der Waals surface area contributed by atoms with Gasteiger partial charge in [-0.05, 0) is 36.8 Å². The summed E-state index contributed by atoms with van der Waals surface area (Å²) in [5, 5.41) is 10.4. The van der Waals surface area contributed by atoms with Crippen LogP contribution in [0.15, 0.2) is 65.5 Å². The maximum Gasteiger partial charge on any atom is 0.256 e. The standard InChI is InChI=1S/C26H27N3O3/c30-22(12-11-18-7-3-1-4-8-18)24(32)29-16-13-21-20(17-29)23(31)28-25(27-21)26(14-15-26)19-9-5-2-6-10-19/h1-10,22,30H,11-17H2,(H,27,28,31)/t22-/m1/s1. The number of hydrogen-bond acceptors (Lipinski definition) is 4. The highest BCUT2D eigenvalue weighted by Crippen LogP contribution is 2.51. The first kappa shape index (κ1) is 20.6. The SMILES string of the molecule is O=C([C@H](O)CCc1ccccc1)N1CCc2nc(C3(c4ccccc4)CC3)[nH]c(=O)c2C1. The molecule has 0 unspecified atom stereocenters. The predicted octanol–water partition coefficient (Wildman–Crippen LogP) is 2.73. The van der Waals surface area contributed by atoms with Gasteiger partial charge in [0.15, 0.2) is 0 Å². The third-order valence-electron chi connectivity index (χ3n) is 6.74. The van der Waals surface area contributed by atoms with Crippen molar-refractivity contribution in [2.75, 3.05) is 6.54 Å². The van der Waals surface area contributed by atoms with Gasteiger partial charge in [-0.2, -0.15) is 0 Å². The second kappa shape index (κ2) is 8.36. The third-order valence-corrected chi connectivity index (χ3v) is 6.74. The summed E-state index contributed by atoms with van der Waals surface area (Å²) in [5.74, 6) is 0.410. The molecule has 1 amide bonds. The molecule has 3 aromatic rings. The lowest BCUT2D eigenvalue weighted by atomic mass is 9.94. The Kier molecular flexibility index (Phi) is 5.39. The Bertz CT molecular complexity index is 1170. The van der Waals surface area contributed by atoms with E-state index in [1.165, 1.54) is 5.56 Å². The Morgan fingerprint density at radius 3 is 2.47 bits per heavy atom. The molecule has 1 aromatic heterocycles. The van der Waals surface area contributed by atoms with E-state index in [9.17, 15) is 14.7 Å². The van der Waals surface area contributed by atoms with Crippen LogP contribution < -0.4 is 5.56 Å². The van der Waals surface area contributed by atoms with E-state index in [0.717, 1.165) is 29.9 Å². The molecule has 0 saturated heterocycles. The monoisotopic (exact) mass is 429 g/mol. The number of amides is 1. The number of aliphatic hydroxyl groups is 1. The van der Waals surface area contributed by atoms with Crippen molar-refractivity contribution in [3.8, 4) is 0 Å². The van der Waals surface area contributed by atoms with Gasteiger partial charge in [0.25, 0.3) is 11.5 Å². The predicted molar refractivity (Wildman–Crippen MR) is 121 cm³/mol. The zero-order valence-electron chi connectivity index (χ0n) is 18.0. The molecular formula is C26H27N3O3. The number of fused-ring (bicyclic) bond motifs is 1. The molecule has 1 saturated carbocycles. The molecular weight excluding hydrogens is 402 g/mol. The summed E-state index contributed by atoms with van der Waals surface area (Å²) in [6.45, 7) is 0.653. The lowest BCUT2D eigenvalue weighted by Crippen LogP contribution is -2.44. The molecule has 1 atom stereocenters. The number of H-pyrrole nitrogens is 1. The van der Waals surface area contributed by atoms with Crippen LogP contribution in [-0.2, 0) is 29.6 Å². The number of aromatic nitrogens is 2. The molecule has 2 aromatic carbocycles. The Hall–Kier alpha value is -3.25. The molecule has 1 aliphatic carbocycles. The van der Waals surface area contributed by atoms with Gasteiger partial charge in [0, 0.05) is 13.0 Å². The van der Waals surface area contributed by atoms with Crippen molar-refractivity contribution in [2.24, 2.45) is 0 Å². The molecule has 0 radical (unpaired) electrons. The van der Waals surface area contributed by atoms with Crippen molar-refractivity contribution in [1.82, 2.24) is 14.9 Å². The number of nitrogens with zero attached hydrogens (tertiary/aromatic N) is 2. The number of aromatic amines is 1. The number of aliphatic hydroxyl groups excluding tert-OH is 1. The van der Waals surface area contributed by atoms with E-state index >= 15 is 0 Å². The smallest absolute Gasteiger partial charge is 0.256 e. The summed E-state index contributed by atoms with van der Waals surface area (Å²) < 4.78 is 0. The van der Waals surface area contributed by atoms with E-state index in [2.05, 4.69) is 17.1 Å². The summed E-state index contributed by atoms with van der Waals surface area (Å²) in [6.07, 6.45) is 2.38. The number of hydrogen-bond donors (Lipinski definition) is 2. The number of nitrogens with one attached hydrogen (secondary N) is 1. The number of rotatable bonds is 6. The van der Waals surface area contributed by atoms with Crippen LogP contribution in [0.25, 0.3) is 0 Å². The first-order valence-corrected chi connectivity index (χ1v) is 11.3. The molecule has 164 valence electrons. The summed E-state index contributed by atoms with van der Waals surface area (Å²) in [7, 11) is 0. The Balaban J connectivity index is 1.30. The van der Waals surface area contributed by atoms with E-state index in [0.29, 0.717) is 31.4 Å². The van der Waals surface area contributed by atoms with Crippen molar-refractivity contribution in [1.29, 1.82) is 0 Å². The molecule has 0 bridgehead atoms. The highest BCUT2D eigenvalue weighted by molar-refractivity contribution is 5.80. The summed E-state index contributed by atoms with van der Waals surface area (Å²) in [6, 6.07) is 20.0. The van der Waals surface area contributed by atoms with Crippen LogP contribution in [-0.4, -0.2) is 38.5 Å². The van der Waals surface area contributed by atoms with E-state index < -0.39 is 6.10 Å². The highest BCUT2D eigenvalue weighted by atomic mass is 16.3. The maximum atomic E-state index is 12.9. The average molecular weight is 430 g/mol. The molecule has 2 N–H and O–H groups in total. The van der Waals surface area contributed by atoms with Crippen molar-refractivity contribution in [3.05, 3.63) is 99.2 Å². The molecule has 1 aliphatic heterocycles. The van der Waals surface area contributed by atoms with E-state index in [1.54, 1.807) is 4.90 Å². The third kappa shape index (κ3) is 3.86. The first-order valence-electron chi connectivity index (χ1n) is 11.3. The van der Waals surface area contributed by atoms with Crippen LogP contribution in [0.2, 0.25) is 0 Å². The normalized spacial score (nSPS) is 17.5. The minimum Gasteiger partial charge on any atom is -0.383 e. The fraction of sp³-hybridized carbons (Fsp3) is 0.346. The van der Waals surface area contributed by atoms with Crippen LogP contribution in [0.1, 0.15) is 47.5 Å². The van der Waals surface area contributed by atoms with Crippen LogP contribution in [0.5, 0.6) is 0 Å². The second-order valence-electron chi connectivity index (χ2n) is 8.84. The largest absolute Gasteiger partial charge is 0.383 e. The number of benzene rings is 2. The van der Waals surface area contributed by atoms with Crippen LogP contribution in [0, 0.1) is 0 Å². The van der Waals surface area contributed by atoms with Crippen molar-refractivity contribution < 1.29 is 9.90 Å². The number of carbonyl (C=O) groups excluding carboxylic acids is 1. The summed E-state index contributed by atoms with van der Waals surface area (Å²) in [5.41, 5.74) is 3.20. The molecule has 32 heavy (non-hydrogen) atoms. The Morgan fingerprint density at radius 1 is 1.09 bits per heavy atom. The molecule has 1 fully saturated rings. The van der Waals surface area contributed by atoms with Crippen LogP contribution in [0.4, 0.5) is 0 Å². The van der Waals surface area contributed by atoms with E-state index in [-0.39, 0.29) is 23.4 Å². The second-order valence-corrected chi connectivity index (χ2v) is 8.84. The van der Waals surface area contributed by atoms with Gasteiger partial charge in [0.05, 0.1) is 23.2 Å². The first-order chi connectivity index (χ1) is 15.6. The topological polar surface area (TPSA) is 86.3 Å². The van der Waals surface area contributed by atoms with E-state index in [4.69, 9.17) is 4.98 Å². The maximum absolute atomic E-state index is 12.9. The van der Waals surface area contributed by atoms with Gasteiger partial charge in [-0.1, -0.05) is 60.7 Å². The number of carbonyl (C=O) groups is 1. The fourth-order valence-electron chi connectivity index (χ4n) is 4.67. The van der Waals surface area contributed by atoms with Gasteiger partial charge in [0.2, 0.25) is 0 Å². The Morgan fingerprint density at radius 2 is 1.78 bits per heavy atom. The van der Waals surface area contributed by atoms with Crippen LogP contribution in [0.3, 0.4) is 0 Å². The Labute approximate surface area is 186 Å². The minimum absolute atomic E-state index is 0.177. The van der Waals surface area contributed by atoms with Crippen molar-refractivity contribution in [2.45, 2.75) is 50.2 Å². The number of aryl methyl sites for hydroxylation is 1. The average Bonchev–Trinajstić information content (AvgIpc) is 3.65. The molecule has 2 heterocycles. The van der Waals surface area contributed by atoms with Gasteiger partial charge in [0.1, 0.15) is 11.9 Å². The molecule has 0 spiro atoms. The highest BCUT2D eigenvalue weighted by Gasteiger charge is 2.48. The quantitative estimate of drug-likeness (QED) is 0.631. The van der Waals surface area contributed by atoms with Gasteiger partial charge in [-0.15, -0.1) is 0 Å². The van der Waals surface area contributed by atoms with Gasteiger partial charge >= 0.3 is 0 Å². The van der Waals surface area contributed by atoms with E-state index in [1.807, 2.05) is 48.5 Å². The van der Waals surface area contributed by atoms with Crippen molar-refractivity contribution >= 4 is 5.91 Å². The van der Waals surface area contributed by atoms with Crippen molar-refractivity contribution in [3.63, 3.8) is 0 Å². The minimum atomic E-state index is -1.07. The molecule has 6 nitrogen and oxygen atoms in total. The molecule has 2 aliphatic rings. The molecule has 5 rings (SSSR count). The summed E-state index contributed by atoms with van der Waals surface area (Å²) in [4.78, 5) is 35.2. The molecule has 6 heteroatoms.